The molecule has 0 radical (unpaired) electrons. The number of carbonyl (C=O) groups is 3. The minimum atomic E-state index is -0.779. The number of carbonyl (C=O) groups excluding carboxylic acids is 3. The topological polar surface area (TPSA) is 95.7 Å². The van der Waals surface area contributed by atoms with Gasteiger partial charge in [0.1, 0.15) is 12.1 Å². The van der Waals surface area contributed by atoms with Gasteiger partial charge in [-0.1, -0.05) is 13.3 Å². The molecule has 146 valence electrons. The number of amides is 4. The third-order valence-corrected chi connectivity index (χ3v) is 6.63. The summed E-state index contributed by atoms with van der Waals surface area (Å²) in [6, 6.07) is -0.376. The molecule has 1 spiro atoms. The Morgan fingerprint density at radius 1 is 1.31 bits per heavy atom. The van der Waals surface area contributed by atoms with E-state index < -0.39 is 11.6 Å². The molecule has 3 rings (SSSR count). The number of urea groups is 1. The number of nitrogens with zero attached hydrogens (tertiary/aromatic N) is 2. The molecule has 3 N–H and O–H groups in total. The number of piperidine rings is 1. The van der Waals surface area contributed by atoms with Crippen LogP contribution in [-0.4, -0.2) is 58.9 Å². The van der Waals surface area contributed by atoms with Gasteiger partial charge in [0.15, 0.2) is 0 Å². The number of imide groups is 1. The van der Waals surface area contributed by atoms with E-state index in [-0.39, 0.29) is 30.3 Å². The first-order chi connectivity index (χ1) is 12.4. The highest BCUT2D eigenvalue weighted by Gasteiger charge is 2.52. The highest BCUT2D eigenvalue weighted by molar-refractivity contribution is 6.09. The van der Waals surface area contributed by atoms with Crippen molar-refractivity contribution >= 4 is 17.8 Å². The number of nitrogens with two attached hydrogens (primary N) is 1. The Bertz CT molecular complexity index is 569. The van der Waals surface area contributed by atoms with Gasteiger partial charge in [-0.05, 0) is 57.3 Å². The number of rotatable bonds is 4. The van der Waals surface area contributed by atoms with Gasteiger partial charge in [0.05, 0.1) is 0 Å². The fraction of sp³-hybridized carbons (Fsp3) is 0.842. The molecule has 7 nitrogen and oxygen atoms in total. The van der Waals surface area contributed by atoms with E-state index in [4.69, 9.17) is 5.73 Å². The van der Waals surface area contributed by atoms with Crippen LogP contribution in [0.15, 0.2) is 0 Å². The van der Waals surface area contributed by atoms with Gasteiger partial charge < -0.3 is 16.0 Å². The number of hydrogen-bond acceptors (Lipinski definition) is 4. The van der Waals surface area contributed by atoms with Crippen molar-refractivity contribution in [2.24, 2.45) is 17.6 Å². The highest BCUT2D eigenvalue weighted by atomic mass is 16.2. The van der Waals surface area contributed by atoms with Gasteiger partial charge in [0.2, 0.25) is 5.91 Å². The molecule has 2 aliphatic heterocycles. The Morgan fingerprint density at radius 3 is 2.62 bits per heavy atom. The largest absolute Gasteiger partial charge is 0.341 e. The van der Waals surface area contributed by atoms with E-state index in [1.807, 2.05) is 6.92 Å². The van der Waals surface area contributed by atoms with Crippen LogP contribution < -0.4 is 11.1 Å². The van der Waals surface area contributed by atoms with Crippen molar-refractivity contribution in [2.45, 2.75) is 70.4 Å². The normalized spacial score (nSPS) is 33.5. The van der Waals surface area contributed by atoms with Crippen LogP contribution in [0, 0.1) is 11.8 Å². The predicted octanol–water partition coefficient (Wildman–Crippen LogP) is 1.46. The Balaban J connectivity index is 1.62. The van der Waals surface area contributed by atoms with Gasteiger partial charge in [-0.25, -0.2) is 4.79 Å². The molecule has 0 aromatic rings. The molecule has 0 bridgehead atoms. The summed E-state index contributed by atoms with van der Waals surface area (Å²) in [5.74, 6) is 0.542. The molecule has 0 aromatic carbocycles. The summed E-state index contributed by atoms with van der Waals surface area (Å²) >= 11 is 0. The second-order valence-corrected chi connectivity index (χ2v) is 8.36. The second-order valence-electron chi connectivity index (χ2n) is 8.36. The first kappa shape index (κ1) is 19.1. The van der Waals surface area contributed by atoms with Crippen molar-refractivity contribution in [3.05, 3.63) is 0 Å². The summed E-state index contributed by atoms with van der Waals surface area (Å²) in [6.07, 6.45) is 6.30. The fourth-order valence-corrected chi connectivity index (χ4v) is 4.64. The van der Waals surface area contributed by atoms with E-state index in [0.717, 1.165) is 37.0 Å². The van der Waals surface area contributed by atoms with E-state index in [1.54, 1.807) is 4.90 Å². The van der Waals surface area contributed by atoms with Crippen molar-refractivity contribution in [1.82, 2.24) is 15.1 Å². The monoisotopic (exact) mass is 364 g/mol. The zero-order valence-electron chi connectivity index (χ0n) is 16.0. The minimum absolute atomic E-state index is 0.0411. The number of likely N-dealkylation sites (tertiary alicyclic amines) is 1. The Kier molecular flexibility index (Phi) is 5.55. The molecule has 0 aromatic heterocycles. The third kappa shape index (κ3) is 3.59. The molecule has 1 aliphatic carbocycles. The van der Waals surface area contributed by atoms with Gasteiger partial charge in [-0.15, -0.1) is 0 Å². The summed E-state index contributed by atoms with van der Waals surface area (Å²) in [5.41, 5.74) is 5.21. The summed E-state index contributed by atoms with van der Waals surface area (Å²) in [6.45, 7) is 5.26. The maximum Gasteiger partial charge on any atom is 0.325 e. The van der Waals surface area contributed by atoms with Crippen molar-refractivity contribution < 1.29 is 14.4 Å². The number of hydrogen-bond donors (Lipinski definition) is 2. The van der Waals surface area contributed by atoms with E-state index in [2.05, 4.69) is 12.2 Å². The lowest BCUT2D eigenvalue weighted by Gasteiger charge is -2.36. The molecule has 2 heterocycles. The fourth-order valence-electron chi connectivity index (χ4n) is 4.64. The lowest BCUT2D eigenvalue weighted by Crippen LogP contribution is -2.51. The van der Waals surface area contributed by atoms with E-state index in [9.17, 15) is 14.4 Å². The summed E-state index contributed by atoms with van der Waals surface area (Å²) in [4.78, 5) is 40.9. The summed E-state index contributed by atoms with van der Waals surface area (Å²) < 4.78 is 0. The maximum absolute atomic E-state index is 12.9. The van der Waals surface area contributed by atoms with Gasteiger partial charge in [-0.3, -0.25) is 14.5 Å². The van der Waals surface area contributed by atoms with Crippen LogP contribution in [-0.2, 0) is 9.59 Å². The average molecular weight is 364 g/mol. The first-order valence-corrected chi connectivity index (χ1v) is 10.0. The molecule has 7 heteroatoms. The maximum atomic E-state index is 12.9. The van der Waals surface area contributed by atoms with E-state index in [1.165, 1.54) is 0 Å². The predicted molar refractivity (Wildman–Crippen MR) is 98.2 cm³/mol. The van der Waals surface area contributed by atoms with E-state index in [0.29, 0.717) is 31.8 Å². The van der Waals surface area contributed by atoms with Gasteiger partial charge in [0, 0.05) is 19.1 Å². The molecular formula is C19H32N4O3. The zero-order chi connectivity index (χ0) is 18.9. The van der Waals surface area contributed by atoms with Gasteiger partial charge >= 0.3 is 6.03 Å². The standard InChI is InChI=1S/C19H32N4O3/c1-3-14-6-8-19(9-7-14)17(25)23(18(26)21-19)12-16(24)22-10-4-5-15(11-22)13(2)20/h13-15H,3-12,20H2,1-2H3,(H,21,26). The molecule has 2 saturated heterocycles. The van der Waals surface area contributed by atoms with Crippen LogP contribution in [0.4, 0.5) is 4.79 Å². The van der Waals surface area contributed by atoms with Crippen molar-refractivity contribution in [3.63, 3.8) is 0 Å². The molecule has 26 heavy (non-hydrogen) atoms. The van der Waals surface area contributed by atoms with Crippen LogP contribution in [0.5, 0.6) is 0 Å². The smallest absolute Gasteiger partial charge is 0.325 e. The lowest BCUT2D eigenvalue weighted by atomic mass is 9.75. The number of nitrogens with one attached hydrogen (secondary N) is 1. The molecule has 3 aliphatic rings. The highest BCUT2D eigenvalue weighted by Crippen LogP contribution is 2.37. The SMILES string of the molecule is CCC1CCC2(CC1)NC(=O)N(CC(=O)N1CCCC(C(C)N)C1)C2=O. The molecular weight excluding hydrogens is 332 g/mol. The van der Waals surface area contributed by atoms with E-state index >= 15 is 0 Å². The Morgan fingerprint density at radius 2 is 2.00 bits per heavy atom. The zero-order valence-corrected chi connectivity index (χ0v) is 16.0. The summed E-state index contributed by atoms with van der Waals surface area (Å²) in [7, 11) is 0. The Hall–Kier alpha value is -1.63. The quantitative estimate of drug-likeness (QED) is 0.738. The molecule has 4 amide bonds. The molecule has 1 saturated carbocycles. The Labute approximate surface area is 155 Å². The van der Waals surface area contributed by atoms with Crippen molar-refractivity contribution in [3.8, 4) is 0 Å². The molecule has 2 atom stereocenters. The molecule has 3 fully saturated rings. The van der Waals surface area contributed by atoms with Gasteiger partial charge in [0.25, 0.3) is 5.91 Å². The lowest BCUT2D eigenvalue weighted by molar-refractivity contribution is -0.140. The molecule has 2 unspecified atom stereocenters. The van der Waals surface area contributed by atoms with Gasteiger partial charge in [-0.2, -0.15) is 0 Å². The third-order valence-electron chi connectivity index (χ3n) is 6.63. The minimum Gasteiger partial charge on any atom is -0.341 e. The van der Waals surface area contributed by atoms with Crippen molar-refractivity contribution in [1.29, 1.82) is 0 Å². The van der Waals surface area contributed by atoms with Crippen LogP contribution in [0.25, 0.3) is 0 Å². The van der Waals surface area contributed by atoms with Crippen LogP contribution in [0.3, 0.4) is 0 Å². The van der Waals surface area contributed by atoms with Crippen LogP contribution in [0.2, 0.25) is 0 Å². The average Bonchev–Trinajstić information content (AvgIpc) is 2.86. The van der Waals surface area contributed by atoms with Crippen LogP contribution >= 0.6 is 0 Å². The summed E-state index contributed by atoms with van der Waals surface area (Å²) in [5, 5.41) is 2.90. The van der Waals surface area contributed by atoms with Crippen molar-refractivity contribution in [2.75, 3.05) is 19.6 Å². The van der Waals surface area contributed by atoms with Crippen LogP contribution in [0.1, 0.15) is 58.8 Å². The second kappa shape index (κ2) is 7.55. The first-order valence-electron chi connectivity index (χ1n) is 10.0.